The third-order valence-corrected chi connectivity index (χ3v) is 3.39. The maximum absolute atomic E-state index is 12.0. The zero-order valence-electron chi connectivity index (χ0n) is 11.1. The number of rotatable bonds is 4. The molecule has 0 spiro atoms. The predicted octanol–water partition coefficient (Wildman–Crippen LogP) is 2.66. The Labute approximate surface area is 119 Å². The number of nitrogens with two attached hydrogens (primary N) is 1. The highest BCUT2D eigenvalue weighted by atomic mass is 32.1. The van der Waals surface area contributed by atoms with Crippen LogP contribution in [-0.2, 0) is 4.74 Å². The standard InChI is InChI=1S/C13H14N2O4S/c1-3-18-13(17)8-6-7(2)20-12(8)15-11(16)9-4-5-10(14)19-9/h4-6H,3,14H2,1-2H3,(H,15,16). The average Bonchev–Trinajstić information content (AvgIpc) is 2.96. The third kappa shape index (κ3) is 3.00. The minimum absolute atomic E-state index is 0.0864. The van der Waals surface area contributed by atoms with Crippen LogP contribution in [0.1, 0.15) is 32.7 Å². The fraction of sp³-hybridized carbons (Fsp3) is 0.231. The van der Waals surface area contributed by atoms with Gasteiger partial charge in [0, 0.05) is 10.9 Å². The van der Waals surface area contributed by atoms with Gasteiger partial charge in [-0.15, -0.1) is 11.3 Å². The van der Waals surface area contributed by atoms with E-state index < -0.39 is 11.9 Å². The monoisotopic (exact) mass is 294 g/mol. The molecule has 2 aromatic rings. The van der Waals surface area contributed by atoms with Crippen LogP contribution in [0, 0.1) is 6.92 Å². The molecule has 2 rings (SSSR count). The maximum atomic E-state index is 12.0. The van der Waals surface area contributed by atoms with Crippen LogP contribution in [0.15, 0.2) is 22.6 Å². The number of ether oxygens (including phenoxy) is 1. The molecular formula is C13H14N2O4S. The van der Waals surface area contributed by atoms with Gasteiger partial charge in [-0.05, 0) is 26.0 Å². The molecule has 2 aromatic heterocycles. The van der Waals surface area contributed by atoms with E-state index in [4.69, 9.17) is 14.9 Å². The third-order valence-electron chi connectivity index (χ3n) is 2.43. The molecule has 7 heteroatoms. The lowest BCUT2D eigenvalue weighted by molar-refractivity contribution is 0.0528. The van der Waals surface area contributed by atoms with Crippen LogP contribution in [-0.4, -0.2) is 18.5 Å². The smallest absolute Gasteiger partial charge is 0.341 e. The second kappa shape index (κ2) is 5.79. The fourth-order valence-electron chi connectivity index (χ4n) is 1.61. The molecule has 0 aliphatic rings. The Morgan fingerprint density at radius 1 is 1.45 bits per heavy atom. The summed E-state index contributed by atoms with van der Waals surface area (Å²) in [4.78, 5) is 24.6. The second-order valence-corrected chi connectivity index (χ2v) is 5.23. The molecule has 0 aliphatic heterocycles. The van der Waals surface area contributed by atoms with Crippen molar-refractivity contribution in [2.75, 3.05) is 17.7 Å². The first-order chi connectivity index (χ1) is 9.51. The summed E-state index contributed by atoms with van der Waals surface area (Å²) in [5.41, 5.74) is 5.75. The molecule has 0 fully saturated rings. The topological polar surface area (TPSA) is 94.6 Å². The lowest BCUT2D eigenvalue weighted by Crippen LogP contribution is -2.13. The summed E-state index contributed by atoms with van der Waals surface area (Å²) in [5.74, 6) is -0.688. The van der Waals surface area contributed by atoms with Crippen molar-refractivity contribution in [2.24, 2.45) is 0 Å². The van der Waals surface area contributed by atoms with Gasteiger partial charge in [0.1, 0.15) is 5.00 Å². The maximum Gasteiger partial charge on any atom is 0.341 e. The van der Waals surface area contributed by atoms with Crippen molar-refractivity contribution in [3.63, 3.8) is 0 Å². The molecule has 0 radical (unpaired) electrons. The van der Waals surface area contributed by atoms with E-state index >= 15 is 0 Å². The summed E-state index contributed by atoms with van der Waals surface area (Å²) in [5, 5.41) is 3.06. The molecule has 0 atom stereocenters. The largest absolute Gasteiger partial charge is 0.462 e. The van der Waals surface area contributed by atoms with Crippen LogP contribution in [0.3, 0.4) is 0 Å². The fourth-order valence-corrected chi connectivity index (χ4v) is 2.50. The van der Waals surface area contributed by atoms with Gasteiger partial charge in [-0.2, -0.15) is 0 Å². The van der Waals surface area contributed by atoms with Gasteiger partial charge in [0.2, 0.25) is 0 Å². The highest BCUT2D eigenvalue weighted by Crippen LogP contribution is 2.29. The van der Waals surface area contributed by atoms with E-state index in [9.17, 15) is 9.59 Å². The van der Waals surface area contributed by atoms with E-state index in [1.807, 2.05) is 6.92 Å². The van der Waals surface area contributed by atoms with Gasteiger partial charge in [0.25, 0.3) is 5.91 Å². The Balaban J connectivity index is 2.21. The number of carbonyl (C=O) groups is 2. The molecule has 3 N–H and O–H groups in total. The zero-order chi connectivity index (χ0) is 14.7. The highest BCUT2D eigenvalue weighted by Gasteiger charge is 2.19. The summed E-state index contributed by atoms with van der Waals surface area (Å²) in [6, 6.07) is 4.63. The van der Waals surface area contributed by atoms with Gasteiger partial charge in [-0.3, -0.25) is 4.79 Å². The van der Waals surface area contributed by atoms with E-state index in [1.54, 1.807) is 13.0 Å². The molecule has 0 aliphatic carbocycles. The Morgan fingerprint density at radius 3 is 2.80 bits per heavy atom. The van der Waals surface area contributed by atoms with Gasteiger partial charge >= 0.3 is 5.97 Å². The number of nitrogen functional groups attached to an aromatic ring is 1. The Morgan fingerprint density at radius 2 is 2.20 bits per heavy atom. The van der Waals surface area contributed by atoms with Gasteiger partial charge in [0.15, 0.2) is 11.6 Å². The SMILES string of the molecule is CCOC(=O)c1cc(C)sc1NC(=O)c1ccc(N)o1. The van der Waals surface area contributed by atoms with Gasteiger partial charge < -0.3 is 20.2 Å². The molecule has 0 aromatic carbocycles. The molecule has 0 bridgehead atoms. The van der Waals surface area contributed by atoms with Crippen molar-refractivity contribution in [1.29, 1.82) is 0 Å². The van der Waals surface area contributed by atoms with Crippen molar-refractivity contribution in [3.8, 4) is 0 Å². The lowest BCUT2D eigenvalue weighted by atomic mass is 10.3. The second-order valence-electron chi connectivity index (χ2n) is 3.98. The van der Waals surface area contributed by atoms with Gasteiger partial charge in [-0.25, -0.2) is 4.79 Å². The van der Waals surface area contributed by atoms with Crippen LogP contribution < -0.4 is 11.1 Å². The Kier molecular flexibility index (Phi) is 4.09. The number of hydrogen-bond acceptors (Lipinski definition) is 6. The predicted molar refractivity (Wildman–Crippen MR) is 76.1 cm³/mol. The van der Waals surface area contributed by atoms with Crippen molar-refractivity contribution in [1.82, 2.24) is 0 Å². The van der Waals surface area contributed by atoms with Crippen molar-refractivity contribution in [3.05, 3.63) is 34.4 Å². The van der Waals surface area contributed by atoms with E-state index in [2.05, 4.69) is 5.32 Å². The van der Waals surface area contributed by atoms with Crippen LogP contribution >= 0.6 is 11.3 Å². The molecule has 20 heavy (non-hydrogen) atoms. The number of thiophene rings is 1. The highest BCUT2D eigenvalue weighted by molar-refractivity contribution is 7.16. The lowest BCUT2D eigenvalue weighted by Gasteiger charge is -2.04. The zero-order valence-corrected chi connectivity index (χ0v) is 11.9. The molecule has 2 heterocycles. The summed E-state index contributed by atoms with van der Waals surface area (Å²) in [6.07, 6.45) is 0. The minimum atomic E-state index is -0.467. The van der Waals surface area contributed by atoms with E-state index in [0.717, 1.165) is 4.88 Å². The summed E-state index contributed by atoms with van der Waals surface area (Å²) in [7, 11) is 0. The van der Waals surface area contributed by atoms with Crippen molar-refractivity contribution in [2.45, 2.75) is 13.8 Å². The quantitative estimate of drug-likeness (QED) is 0.845. The summed E-state index contributed by atoms with van der Waals surface area (Å²) >= 11 is 1.29. The summed E-state index contributed by atoms with van der Waals surface area (Å²) in [6.45, 7) is 3.84. The first kappa shape index (κ1) is 14.1. The van der Waals surface area contributed by atoms with Crippen LogP contribution in [0.4, 0.5) is 10.9 Å². The molecular weight excluding hydrogens is 280 g/mol. The van der Waals surface area contributed by atoms with E-state index in [-0.39, 0.29) is 18.3 Å². The number of anilines is 2. The van der Waals surface area contributed by atoms with E-state index in [1.165, 1.54) is 23.5 Å². The Bertz CT molecular complexity index is 645. The van der Waals surface area contributed by atoms with Crippen LogP contribution in [0.5, 0.6) is 0 Å². The number of amides is 1. The molecule has 1 amide bonds. The molecule has 6 nitrogen and oxygen atoms in total. The number of carbonyl (C=O) groups excluding carboxylic acids is 2. The Hall–Kier alpha value is -2.28. The van der Waals surface area contributed by atoms with Gasteiger partial charge in [-0.1, -0.05) is 0 Å². The normalized spacial score (nSPS) is 10.3. The molecule has 106 valence electrons. The van der Waals surface area contributed by atoms with Crippen LogP contribution in [0.25, 0.3) is 0 Å². The number of hydrogen-bond donors (Lipinski definition) is 2. The van der Waals surface area contributed by atoms with Crippen LogP contribution in [0.2, 0.25) is 0 Å². The van der Waals surface area contributed by atoms with Gasteiger partial charge in [0.05, 0.1) is 12.2 Å². The number of esters is 1. The number of nitrogens with one attached hydrogen (secondary N) is 1. The first-order valence-corrected chi connectivity index (χ1v) is 6.77. The van der Waals surface area contributed by atoms with E-state index in [0.29, 0.717) is 10.6 Å². The average molecular weight is 294 g/mol. The van der Waals surface area contributed by atoms with Crippen molar-refractivity contribution >= 4 is 34.1 Å². The molecule has 0 unspecified atom stereocenters. The number of furan rings is 1. The molecule has 0 saturated heterocycles. The number of aryl methyl sites for hydroxylation is 1. The van der Waals surface area contributed by atoms with Crippen molar-refractivity contribution < 1.29 is 18.7 Å². The molecule has 0 saturated carbocycles. The minimum Gasteiger partial charge on any atom is -0.462 e. The first-order valence-electron chi connectivity index (χ1n) is 5.95. The summed E-state index contributed by atoms with van der Waals surface area (Å²) < 4.78 is 9.97.